The molecule has 1 aliphatic heterocycles. The number of amides is 1. The van der Waals surface area contributed by atoms with E-state index in [0.717, 1.165) is 0 Å². The Labute approximate surface area is 194 Å². The predicted octanol–water partition coefficient (Wildman–Crippen LogP) is 4.28. The molecule has 1 atom stereocenters. The summed E-state index contributed by atoms with van der Waals surface area (Å²) in [4.78, 5) is 27.4. The Morgan fingerprint density at radius 1 is 1.12 bits per heavy atom. The summed E-state index contributed by atoms with van der Waals surface area (Å²) in [6, 6.07) is 11.4. The largest absolute Gasteiger partial charge is 0.507 e. The predicted molar refractivity (Wildman–Crippen MR) is 119 cm³/mol. The molecule has 9 heteroatoms. The quantitative estimate of drug-likeness (QED) is 0.315. The number of phenols is 1. The van der Waals surface area contributed by atoms with E-state index in [0.29, 0.717) is 17.1 Å². The van der Waals surface area contributed by atoms with Gasteiger partial charge in [0.25, 0.3) is 11.7 Å². The highest BCUT2D eigenvalue weighted by atomic mass is 35.5. The van der Waals surface area contributed by atoms with Gasteiger partial charge in [-0.2, -0.15) is 0 Å². The smallest absolute Gasteiger partial charge is 0.296 e. The average molecular weight is 470 g/mol. The molecule has 0 radical (unpaired) electrons. The minimum absolute atomic E-state index is 0.0166. The molecule has 3 aromatic rings. The van der Waals surface area contributed by atoms with Crippen LogP contribution in [0.5, 0.6) is 17.2 Å². The summed E-state index contributed by atoms with van der Waals surface area (Å²) in [7, 11) is 2.90. The van der Waals surface area contributed by atoms with Crippen molar-refractivity contribution in [2.24, 2.45) is 0 Å². The van der Waals surface area contributed by atoms with E-state index >= 15 is 0 Å². The van der Waals surface area contributed by atoms with Gasteiger partial charge in [0.05, 0.1) is 49.2 Å². The molecule has 4 rings (SSSR count). The Hall–Kier alpha value is -3.91. The average Bonchev–Trinajstić information content (AvgIpc) is 3.42. The standard InChI is InChI=1S/C24H20ClNO7/c1-31-14-6-7-16(19(11-14)32-2)22(28)20-21(13-5-8-18(27)17(25)10-13)26(24(30)23(20)29)12-15-4-3-9-33-15/h3-11,21,27-28H,12H2,1-2H3/b22-20-. The maximum atomic E-state index is 13.1. The van der Waals surface area contributed by atoms with E-state index in [4.69, 9.17) is 25.5 Å². The topological polar surface area (TPSA) is 109 Å². The summed E-state index contributed by atoms with van der Waals surface area (Å²) in [5.41, 5.74) is 0.499. The molecule has 0 bridgehead atoms. The molecule has 2 N–H and O–H groups in total. The van der Waals surface area contributed by atoms with Crippen molar-refractivity contribution < 1.29 is 33.7 Å². The molecule has 0 aliphatic carbocycles. The normalized spacial score (nSPS) is 17.4. The van der Waals surface area contributed by atoms with E-state index in [9.17, 15) is 19.8 Å². The van der Waals surface area contributed by atoms with E-state index in [-0.39, 0.29) is 34.2 Å². The number of Topliss-reactive ketones (excluding diaryl/α,β-unsaturated/α-hetero) is 1. The van der Waals surface area contributed by atoms with Crippen molar-refractivity contribution in [3.05, 3.63) is 82.3 Å². The summed E-state index contributed by atoms with van der Waals surface area (Å²) in [6.07, 6.45) is 1.46. The summed E-state index contributed by atoms with van der Waals surface area (Å²) in [6.45, 7) is -0.0166. The number of hydrogen-bond acceptors (Lipinski definition) is 7. The van der Waals surface area contributed by atoms with Crippen LogP contribution in [-0.2, 0) is 16.1 Å². The molecule has 1 unspecified atom stereocenters. The van der Waals surface area contributed by atoms with Gasteiger partial charge in [0.2, 0.25) is 0 Å². The van der Waals surface area contributed by atoms with Gasteiger partial charge >= 0.3 is 0 Å². The molecule has 0 saturated carbocycles. The van der Waals surface area contributed by atoms with Gasteiger partial charge in [-0.1, -0.05) is 17.7 Å². The number of benzene rings is 2. The van der Waals surface area contributed by atoms with Crippen LogP contribution in [0.3, 0.4) is 0 Å². The lowest BCUT2D eigenvalue weighted by Crippen LogP contribution is -2.29. The maximum absolute atomic E-state index is 13.1. The van der Waals surface area contributed by atoms with Crippen molar-refractivity contribution in [1.82, 2.24) is 4.90 Å². The molecule has 1 amide bonds. The monoisotopic (exact) mass is 469 g/mol. The molecule has 2 aromatic carbocycles. The number of hydrogen-bond donors (Lipinski definition) is 2. The van der Waals surface area contributed by atoms with Crippen LogP contribution >= 0.6 is 11.6 Å². The van der Waals surface area contributed by atoms with Crippen LogP contribution in [-0.4, -0.2) is 41.0 Å². The summed E-state index contributed by atoms with van der Waals surface area (Å²) >= 11 is 6.11. The van der Waals surface area contributed by atoms with Crippen molar-refractivity contribution in [1.29, 1.82) is 0 Å². The Morgan fingerprint density at radius 3 is 2.55 bits per heavy atom. The fourth-order valence-corrected chi connectivity index (χ4v) is 3.98. The fraction of sp³-hybridized carbons (Fsp3) is 0.167. The number of nitrogens with zero attached hydrogens (tertiary/aromatic N) is 1. The van der Waals surface area contributed by atoms with E-state index in [1.54, 1.807) is 24.3 Å². The zero-order valence-corrected chi connectivity index (χ0v) is 18.5. The molecule has 8 nitrogen and oxygen atoms in total. The molecule has 2 heterocycles. The fourth-order valence-electron chi connectivity index (χ4n) is 3.79. The van der Waals surface area contributed by atoms with Crippen molar-refractivity contribution in [2.75, 3.05) is 14.2 Å². The molecular formula is C24H20ClNO7. The number of rotatable bonds is 6. The van der Waals surface area contributed by atoms with Gasteiger partial charge in [0.1, 0.15) is 28.8 Å². The number of carbonyl (C=O) groups excluding carboxylic acids is 2. The van der Waals surface area contributed by atoms with Crippen molar-refractivity contribution in [2.45, 2.75) is 12.6 Å². The van der Waals surface area contributed by atoms with E-state index in [1.807, 2.05) is 0 Å². The number of ketones is 1. The van der Waals surface area contributed by atoms with Crippen LogP contribution in [0, 0.1) is 0 Å². The number of aromatic hydroxyl groups is 1. The van der Waals surface area contributed by atoms with E-state index < -0.39 is 23.5 Å². The second-order valence-electron chi connectivity index (χ2n) is 7.28. The van der Waals surface area contributed by atoms with E-state index in [2.05, 4.69) is 0 Å². The third-order valence-corrected chi connectivity index (χ3v) is 5.70. The molecule has 33 heavy (non-hydrogen) atoms. The number of ether oxygens (including phenoxy) is 2. The van der Waals surface area contributed by atoms with Crippen LogP contribution < -0.4 is 9.47 Å². The number of likely N-dealkylation sites (tertiary alicyclic amines) is 1. The first-order valence-corrected chi connectivity index (χ1v) is 10.2. The summed E-state index contributed by atoms with van der Waals surface area (Å²) in [5.74, 6) is -1.05. The van der Waals surface area contributed by atoms with Crippen LogP contribution in [0.4, 0.5) is 0 Å². The SMILES string of the molecule is COc1ccc(/C(O)=C2/C(=O)C(=O)N(Cc3ccco3)C2c2ccc(O)c(Cl)c2)c(OC)c1. The Kier molecular flexibility index (Phi) is 6.02. The zero-order valence-electron chi connectivity index (χ0n) is 17.7. The summed E-state index contributed by atoms with van der Waals surface area (Å²) < 4.78 is 15.9. The molecular weight excluding hydrogens is 450 g/mol. The Morgan fingerprint density at radius 2 is 1.91 bits per heavy atom. The molecule has 1 aromatic heterocycles. The first-order valence-electron chi connectivity index (χ1n) is 9.87. The van der Waals surface area contributed by atoms with Crippen molar-refractivity contribution in [3.63, 3.8) is 0 Å². The lowest BCUT2D eigenvalue weighted by molar-refractivity contribution is -0.140. The van der Waals surface area contributed by atoms with Crippen molar-refractivity contribution in [3.8, 4) is 17.2 Å². The minimum atomic E-state index is -0.986. The first-order chi connectivity index (χ1) is 15.8. The van der Waals surface area contributed by atoms with Gasteiger partial charge in [-0.25, -0.2) is 0 Å². The van der Waals surface area contributed by atoms with Gasteiger partial charge in [0.15, 0.2) is 0 Å². The van der Waals surface area contributed by atoms with Crippen LogP contribution in [0.15, 0.2) is 64.8 Å². The van der Waals surface area contributed by atoms with E-state index in [1.165, 1.54) is 49.6 Å². The second-order valence-corrected chi connectivity index (χ2v) is 7.69. The number of furan rings is 1. The lowest BCUT2D eigenvalue weighted by Gasteiger charge is -2.25. The van der Waals surface area contributed by atoms with Gasteiger partial charge in [0, 0.05) is 6.07 Å². The third kappa shape index (κ3) is 4.01. The third-order valence-electron chi connectivity index (χ3n) is 5.40. The number of phenolic OH excluding ortho intramolecular Hbond substituents is 1. The molecule has 0 spiro atoms. The highest BCUT2D eigenvalue weighted by Gasteiger charge is 2.46. The number of aliphatic hydroxyl groups is 1. The van der Waals surface area contributed by atoms with Gasteiger partial charge in [-0.05, 0) is 42.0 Å². The Bertz CT molecular complexity index is 1250. The highest BCUT2D eigenvalue weighted by molar-refractivity contribution is 6.46. The zero-order chi connectivity index (χ0) is 23.7. The second kappa shape index (κ2) is 8.91. The van der Waals surface area contributed by atoms with Crippen LogP contribution in [0.1, 0.15) is 22.9 Å². The number of aliphatic hydroxyl groups excluding tert-OH is 1. The molecule has 170 valence electrons. The molecule has 1 saturated heterocycles. The van der Waals surface area contributed by atoms with Gasteiger partial charge in [-0.3, -0.25) is 9.59 Å². The molecule has 1 aliphatic rings. The molecule has 1 fully saturated rings. The number of carbonyl (C=O) groups is 2. The van der Waals surface area contributed by atoms with Gasteiger partial charge < -0.3 is 29.0 Å². The van der Waals surface area contributed by atoms with Crippen molar-refractivity contribution >= 4 is 29.1 Å². The highest BCUT2D eigenvalue weighted by Crippen LogP contribution is 2.43. The Balaban J connectivity index is 1.91. The maximum Gasteiger partial charge on any atom is 0.296 e. The van der Waals surface area contributed by atoms with Crippen LogP contribution in [0.2, 0.25) is 5.02 Å². The summed E-state index contributed by atoms with van der Waals surface area (Å²) in [5, 5.41) is 21.1. The lowest BCUT2D eigenvalue weighted by atomic mass is 9.94. The number of methoxy groups -OCH3 is 2. The van der Waals surface area contributed by atoms with Crippen LogP contribution in [0.25, 0.3) is 5.76 Å². The minimum Gasteiger partial charge on any atom is -0.507 e. The van der Waals surface area contributed by atoms with Gasteiger partial charge in [-0.15, -0.1) is 0 Å². The first kappa shape index (κ1) is 22.3. The number of halogens is 1.